The molecule has 1 saturated heterocycles. The van der Waals surface area contributed by atoms with E-state index in [1.165, 1.54) is 6.42 Å². The van der Waals surface area contributed by atoms with Crippen LogP contribution in [-0.2, 0) is 13.1 Å². The Kier molecular flexibility index (Phi) is 6.01. The van der Waals surface area contributed by atoms with Crippen molar-refractivity contribution in [1.82, 2.24) is 20.3 Å². The van der Waals surface area contributed by atoms with E-state index in [1.54, 1.807) is 0 Å². The van der Waals surface area contributed by atoms with E-state index in [1.807, 2.05) is 0 Å². The third kappa shape index (κ3) is 4.04. The fraction of sp³-hybridized carbons (Fsp3) is 0.800. The Balaban J connectivity index is 1.81. The maximum Gasteiger partial charge on any atom is 0.151 e. The quantitative estimate of drug-likeness (QED) is 0.785. The molecule has 0 saturated carbocycles. The van der Waals surface area contributed by atoms with Crippen molar-refractivity contribution in [2.45, 2.75) is 46.3 Å². The second-order valence-electron chi connectivity index (χ2n) is 5.46. The Morgan fingerprint density at radius 2 is 2.20 bits per heavy atom. The van der Waals surface area contributed by atoms with E-state index in [-0.39, 0.29) is 0 Å². The van der Waals surface area contributed by atoms with Crippen molar-refractivity contribution >= 4 is 0 Å². The molecule has 1 aliphatic heterocycles. The van der Waals surface area contributed by atoms with Gasteiger partial charge >= 0.3 is 0 Å². The summed E-state index contributed by atoms with van der Waals surface area (Å²) in [6.45, 7) is 13.8. The molecule has 0 bridgehead atoms. The zero-order chi connectivity index (χ0) is 14.4. The Hall–Kier alpha value is -0.910. The van der Waals surface area contributed by atoms with Crippen LogP contribution in [0.3, 0.4) is 0 Å². The summed E-state index contributed by atoms with van der Waals surface area (Å²) in [6, 6.07) is 2.78. The number of likely N-dealkylation sites (N-methyl/N-ethyl adjacent to an activating group) is 1. The zero-order valence-electron chi connectivity index (χ0n) is 13.1. The lowest BCUT2D eigenvalue weighted by Gasteiger charge is -2.26. The molecule has 0 spiro atoms. The zero-order valence-corrected chi connectivity index (χ0v) is 13.1. The smallest absolute Gasteiger partial charge is 0.151 e. The highest BCUT2D eigenvalue weighted by atomic mass is 16.5. The Morgan fingerprint density at radius 3 is 2.90 bits per heavy atom. The van der Waals surface area contributed by atoms with Crippen molar-refractivity contribution in [3.05, 3.63) is 17.5 Å². The highest BCUT2D eigenvalue weighted by Gasteiger charge is 2.26. The number of hydrogen-bond acceptors (Lipinski definition) is 5. The van der Waals surface area contributed by atoms with Crippen molar-refractivity contribution in [1.29, 1.82) is 0 Å². The minimum atomic E-state index is 0.703. The van der Waals surface area contributed by atoms with Gasteiger partial charge in [0.2, 0.25) is 0 Å². The molecule has 2 heterocycles. The first-order valence-corrected chi connectivity index (χ1v) is 7.88. The highest BCUT2D eigenvalue weighted by molar-refractivity contribution is 5.05. The second-order valence-corrected chi connectivity index (χ2v) is 5.46. The van der Waals surface area contributed by atoms with E-state index in [4.69, 9.17) is 4.52 Å². The van der Waals surface area contributed by atoms with E-state index in [2.05, 4.69) is 47.1 Å². The molecule has 1 fully saturated rings. The van der Waals surface area contributed by atoms with Gasteiger partial charge in [-0.25, -0.2) is 0 Å². The average Bonchev–Trinajstić information content (AvgIpc) is 3.08. The molecule has 5 heteroatoms. The van der Waals surface area contributed by atoms with E-state index in [0.29, 0.717) is 6.04 Å². The number of likely N-dealkylation sites (tertiary alicyclic amines) is 1. The minimum Gasteiger partial charge on any atom is -0.360 e. The summed E-state index contributed by atoms with van der Waals surface area (Å²) in [5.41, 5.74) is 1.00. The van der Waals surface area contributed by atoms with Crippen LogP contribution in [0.25, 0.3) is 0 Å². The van der Waals surface area contributed by atoms with Gasteiger partial charge in [-0.3, -0.25) is 9.80 Å². The van der Waals surface area contributed by atoms with Crippen LogP contribution in [0, 0.1) is 0 Å². The Labute approximate surface area is 122 Å². The van der Waals surface area contributed by atoms with Crippen LogP contribution in [0.5, 0.6) is 0 Å². The molecule has 0 radical (unpaired) electrons. The van der Waals surface area contributed by atoms with Crippen molar-refractivity contribution in [2.75, 3.05) is 32.7 Å². The van der Waals surface area contributed by atoms with Crippen molar-refractivity contribution in [3.63, 3.8) is 0 Å². The standard InChI is InChI=1S/C15H28N4O/c1-4-16-10-13-9-15(20-17-13)12-18-8-7-14(11-18)19(5-2)6-3/h9,14,16H,4-8,10-12H2,1-3H3. The molecule has 114 valence electrons. The number of hydrogen-bond donors (Lipinski definition) is 1. The third-order valence-corrected chi connectivity index (χ3v) is 4.12. The third-order valence-electron chi connectivity index (χ3n) is 4.12. The van der Waals surface area contributed by atoms with Gasteiger partial charge in [0.1, 0.15) is 0 Å². The molecule has 0 aliphatic carbocycles. The Morgan fingerprint density at radius 1 is 1.40 bits per heavy atom. The van der Waals surface area contributed by atoms with E-state index >= 15 is 0 Å². The van der Waals surface area contributed by atoms with Gasteiger partial charge in [-0.15, -0.1) is 0 Å². The SMILES string of the molecule is CCNCc1cc(CN2CCC(N(CC)CC)C2)on1. The van der Waals surface area contributed by atoms with Crippen molar-refractivity contribution in [3.8, 4) is 0 Å². The average molecular weight is 280 g/mol. The summed E-state index contributed by atoms with van der Waals surface area (Å²) in [4.78, 5) is 5.03. The lowest BCUT2D eigenvalue weighted by molar-refractivity contribution is 0.202. The van der Waals surface area contributed by atoms with E-state index in [9.17, 15) is 0 Å². The van der Waals surface area contributed by atoms with Crippen molar-refractivity contribution in [2.24, 2.45) is 0 Å². The van der Waals surface area contributed by atoms with Crippen LogP contribution < -0.4 is 5.32 Å². The van der Waals surface area contributed by atoms with Gasteiger partial charge in [-0.05, 0) is 26.1 Å². The van der Waals surface area contributed by atoms with Crippen LogP contribution in [0.15, 0.2) is 10.6 Å². The summed E-state index contributed by atoms with van der Waals surface area (Å²) in [5, 5.41) is 7.37. The number of nitrogens with zero attached hydrogens (tertiary/aromatic N) is 3. The van der Waals surface area contributed by atoms with Gasteiger partial charge in [-0.2, -0.15) is 0 Å². The van der Waals surface area contributed by atoms with Gasteiger partial charge < -0.3 is 9.84 Å². The van der Waals surface area contributed by atoms with Gasteiger partial charge in [0.15, 0.2) is 5.76 Å². The molecule has 1 aromatic rings. The number of nitrogens with one attached hydrogen (secondary N) is 1. The molecule has 0 amide bonds. The summed E-state index contributed by atoms with van der Waals surface area (Å²) in [6.07, 6.45) is 1.26. The van der Waals surface area contributed by atoms with Gasteiger partial charge in [-0.1, -0.05) is 25.9 Å². The molecule has 2 rings (SSSR count). The Bertz CT molecular complexity index is 389. The van der Waals surface area contributed by atoms with Gasteiger partial charge in [0.05, 0.1) is 12.2 Å². The lowest BCUT2D eigenvalue weighted by Crippen LogP contribution is -2.37. The fourth-order valence-corrected chi connectivity index (χ4v) is 2.98. The predicted octanol–water partition coefficient (Wildman–Crippen LogP) is 1.70. The number of aromatic nitrogens is 1. The molecule has 1 N–H and O–H groups in total. The molecule has 1 aromatic heterocycles. The molecular formula is C15H28N4O. The summed E-state index contributed by atoms with van der Waals surface area (Å²) >= 11 is 0. The lowest BCUT2D eigenvalue weighted by atomic mass is 10.2. The summed E-state index contributed by atoms with van der Waals surface area (Å²) in [5.74, 6) is 0.984. The maximum absolute atomic E-state index is 5.43. The van der Waals surface area contributed by atoms with Gasteiger partial charge in [0.25, 0.3) is 0 Å². The largest absolute Gasteiger partial charge is 0.360 e. The molecule has 5 nitrogen and oxygen atoms in total. The fourth-order valence-electron chi connectivity index (χ4n) is 2.98. The van der Waals surface area contributed by atoms with Crippen LogP contribution in [0.1, 0.15) is 38.6 Å². The first kappa shape index (κ1) is 15.5. The number of rotatable bonds is 8. The minimum absolute atomic E-state index is 0.703. The molecule has 1 atom stereocenters. The molecule has 0 aromatic carbocycles. The molecule has 1 unspecified atom stereocenters. The van der Waals surface area contributed by atoms with Crippen LogP contribution in [0.2, 0.25) is 0 Å². The molecule has 20 heavy (non-hydrogen) atoms. The summed E-state index contributed by atoms with van der Waals surface area (Å²) in [7, 11) is 0. The van der Waals surface area contributed by atoms with Crippen molar-refractivity contribution < 1.29 is 4.52 Å². The van der Waals surface area contributed by atoms with E-state index in [0.717, 1.165) is 57.3 Å². The second kappa shape index (κ2) is 7.76. The molecule has 1 aliphatic rings. The summed E-state index contributed by atoms with van der Waals surface area (Å²) < 4.78 is 5.43. The monoisotopic (exact) mass is 280 g/mol. The first-order valence-electron chi connectivity index (χ1n) is 7.88. The van der Waals surface area contributed by atoms with Crippen LogP contribution >= 0.6 is 0 Å². The van der Waals surface area contributed by atoms with Gasteiger partial charge in [0, 0.05) is 31.7 Å². The highest BCUT2D eigenvalue weighted by Crippen LogP contribution is 2.18. The maximum atomic E-state index is 5.43. The topological polar surface area (TPSA) is 44.5 Å². The predicted molar refractivity (Wildman–Crippen MR) is 80.5 cm³/mol. The van der Waals surface area contributed by atoms with Crippen LogP contribution in [0.4, 0.5) is 0 Å². The normalized spacial score (nSPS) is 20.1. The molecular weight excluding hydrogens is 252 g/mol. The van der Waals surface area contributed by atoms with E-state index < -0.39 is 0 Å². The first-order chi connectivity index (χ1) is 9.76. The van der Waals surface area contributed by atoms with Crippen LogP contribution in [-0.4, -0.2) is 53.7 Å².